The zero-order valence-corrected chi connectivity index (χ0v) is 17.2. The molecule has 1 aromatic carbocycles. The highest BCUT2D eigenvalue weighted by Crippen LogP contribution is 2.41. The smallest absolute Gasteiger partial charge is 0.290 e. The Morgan fingerprint density at radius 1 is 1.23 bits per heavy atom. The lowest BCUT2D eigenvalue weighted by molar-refractivity contribution is -0.129. The molecule has 0 spiro atoms. The Morgan fingerprint density at radius 2 is 2.03 bits per heavy atom. The minimum absolute atomic E-state index is 0.0291. The standard InChI is InChI=1S/C22H25NO7/c1-4-29-15-9-8-14(13-17(15)28-3)19-18(20(24)16-7-5-12-30-16)21(25)22(26)23(19)10-6-11-27-2/h5,7-9,12-13,19,25H,4,6,10-11H2,1-3H3. The first-order valence-corrected chi connectivity index (χ1v) is 9.65. The number of Topliss-reactive ketones (excluding diaryl/α,β-unsaturated/α-hetero) is 1. The summed E-state index contributed by atoms with van der Waals surface area (Å²) in [6, 6.07) is 7.46. The van der Waals surface area contributed by atoms with E-state index >= 15 is 0 Å². The normalized spacial score (nSPS) is 16.3. The molecule has 8 heteroatoms. The minimum atomic E-state index is -0.795. The molecule has 1 aliphatic heterocycles. The highest BCUT2D eigenvalue weighted by Gasteiger charge is 2.44. The lowest BCUT2D eigenvalue weighted by Crippen LogP contribution is -2.32. The van der Waals surface area contributed by atoms with Crippen molar-refractivity contribution in [3.63, 3.8) is 0 Å². The monoisotopic (exact) mass is 415 g/mol. The number of amides is 1. The number of aliphatic hydroxyl groups excluding tert-OH is 1. The Morgan fingerprint density at radius 3 is 2.67 bits per heavy atom. The van der Waals surface area contributed by atoms with Crippen molar-refractivity contribution < 1.29 is 33.3 Å². The van der Waals surface area contributed by atoms with Gasteiger partial charge in [-0.25, -0.2) is 0 Å². The second-order valence-corrected chi connectivity index (χ2v) is 6.66. The average molecular weight is 415 g/mol. The van der Waals surface area contributed by atoms with Crippen molar-refractivity contribution in [2.75, 3.05) is 34.0 Å². The van der Waals surface area contributed by atoms with Gasteiger partial charge in [0.1, 0.15) is 0 Å². The van der Waals surface area contributed by atoms with Gasteiger partial charge in [0.15, 0.2) is 23.0 Å². The van der Waals surface area contributed by atoms with E-state index in [1.54, 1.807) is 31.4 Å². The second kappa shape index (κ2) is 9.49. The lowest BCUT2D eigenvalue weighted by Gasteiger charge is -2.27. The third-order valence-corrected chi connectivity index (χ3v) is 4.84. The number of aliphatic hydroxyl groups is 1. The molecule has 1 unspecified atom stereocenters. The Labute approximate surface area is 174 Å². The highest BCUT2D eigenvalue weighted by atomic mass is 16.5. The summed E-state index contributed by atoms with van der Waals surface area (Å²) in [5.74, 6) is -0.671. The fraction of sp³-hybridized carbons (Fsp3) is 0.364. The Bertz CT molecular complexity index is 933. The average Bonchev–Trinajstić information content (AvgIpc) is 3.37. The van der Waals surface area contributed by atoms with Gasteiger partial charge in [-0.3, -0.25) is 9.59 Å². The van der Waals surface area contributed by atoms with Gasteiger partial charge in [-0.05, 0) is 43.2 Å². The highest BCUT2D eigenvalue weighted by molar-refractivity contribution is 6.15. The van der Waals surface area contributed by atoms with Gasteiger partial charge in [0.2, 0.25) is 5.78 Å². The first-order valence-electron chi connectivity index (χ1n) is 9.65. The lowest BCUT2D eigenvalue weighted by atomic mass is 9.94. The molecule has 1 aromatic heterocycles. The second-order valence-electron chi connectivity index (χ2n) is 6.66. The molecule has 0 aliphatic carbocycles. The van der Waals surface area contributed by atoms with E-state index in [-0.39, 0.29) is 11.3 Å². The summed E-state index contributed by atoms with van der Waals surface area (Å²) in [5.41, 5.74) is 0.582. The van der Waals surface area contributed by atoms with Crippen molar-refractivity contribution in [1.29, 1.82) is 0 Å². The van der Waals surface area contributed by atoms with Crippen LogP contribution in [-0.4, -0.2) is 55.7 Å². The van der Waals surface area contributed by atoms with Crippen molar-refractivity contribution in [3.05, 3.63) is 59.3 Å². The zero-order chi connectivity index (χ0) is 21.7. The quantitative estimate of drug-likeness (QED) is 0.470. The number of carbonyl (C=O) groups excluding carboxylic acids is 2. The number of hydrogen-bond donors (Lipinski definition) is 1. The van der Waals surface area contributed by atoms with E-state index in [4.69, 9.17) is 18.6 Å². The number of methoxy groups -OCH3 is 2. The van der Waals surface area contributed by atoms with Crippen LogP contribution in [0.5, 0.6) is 11.5 Å². The molecule has 1 atom stereocenters. The minimum Gasteiger partial charge on any atom is -0.503 e. The number of benzene rings is 1. The molecule has 30 heavy (non-hydrogen) atoms. The summed E-state index contributed by atoms with van der Waals surface area (Å²) in [6.45, 7) is 3.06. The molecule has 0 saturated heterocycles. The van der Waals surface area contributed by atoms with E-state index in [1.807, 2.05) is 6.92 Å². The predicted octanol–water partition coefficient (Wildman–Crippen LogP) is 3.30. The molecular weight excluding hydrogens is 390 g/mol. The van der Waals surface area contributed by atoms with Crippen LogP contribution >= 0.6 is 0 Å². The van der Waals surface area contributed by atoms with E-state index in [1.165, 1.54) is 24.3 Å². The molecular formula is C22H25NO7. The molecule has 3 rings (SSSR count). The van der Waals surface area contributed by atoms with Gasteiger partial charge in [0.05, 0.1) is 31.6 Å². The molecule has 2 heterocycles. The summed E-state index contributed by atoms with van der Waals surface area (Å²) < 4.78 is 21.3. The van der Waals surface area contributed by atoms with Gasteiger partial charge in [-0.2, -0.15) is 0 Å². The van der Waals surface area contributed by atoms with Gasteiger partial charge in [-0.15, -0.1) is 0 Å². The molecule has 0 fully saturated rings. The van der Waals surface area contributed by atoms with E-state index in [2.05, 4.69) is 0 Å². The fourth-order valence-electron chi connectivity index (χ4n) is 3.51. The molecule has 1 N–H and O–H groups in total. The van der Waals surface area contributed by atoms with Gasteiger partial charge in [0.25, 0.3) is 5.91 Å². The molecule has 8 nitrogen and oxygen atoms in total. The maximum absolute atomic E-state index is 13.1. The molecule has 0 bridgehead atoms. The summed E-state index contributed by atoms with van der Waals surface area (Å²) in [5, 5.41) is 10.6. The van der Waals surface area contributed by atoms with Crippen LogP contribution in [0.2, 0.25) is 0 Å². The Hall–Kier alpha value is -3.26. The zero-order valence-electron chi connectivity index (χ0n) is 17.2. The molecule has 160 valence electrons. The summed E-state index contributed by atoms with van der Waals surface area (Å²) in [7, 11) is 3.09. The van der Waals surface area contributed by atoms with Gasteiger partial charge >= 0.3 is 0 Å². The number of furan rings is 1. The topological polar surface area (TPSA) is 98.4 Å². The maximum atomic E-state index is 13.1. The molecule has 2 aromatic rings. The molecule has 0 saturated carbocycles. The van der Waals surface area contributed by atoms with Gasteiger partial charge in [0, 0.05) is 20.3 Å². The van der Waals surface area contributed by atoms with Crippen molar-refractivity contribution in [2.24, 2.45) is 0 Å². The molecule has 0 radical (unpaired) electrons. The number of hydrogen-bond acceptors (Lipinski definition) is 7. The molecule has 1 amide bonds. The van der Waals surface area contributed by atoms with Crippen molar-refractivity contribution in [3.8, 4) is 11.5 Å². The first kappa shape index (κ1) is 21.4. The van der Waals surface area contributed by atoms with Crippen molar-refractivity contribution in [2.45, 2.75) is 19.4 Å². The number of ketones is 1. The third-order valence-electron chi connectivity index (χ3n) is 4.84. The number of nitrogens with zero attached hydrogens (tertiary/aromatic N) is 1. The van der Waals surface area contributed by atoms with Crippen LogP contribution < -0.4 is 9.47 Å². The Balaban J connectivity index is 2.06. The maximum Gasteiger partial charge on any atom is 0.290 e. The predicted molar refractivity (Wildman–Crippen MR) is 108 cm³/mol. The van der Waals surface area contributed by atoms with Crippen molar-refractivity contribution in [1.82, 2.24) is 4.90 Å². The van der Waals surface area contributed by atoms with E-state index < -0.39 is 23.5 Å². The largest absolute Gasteiger partial charge is 0.503 e. The SMILES string of the molecule is CCOc1ccc(C2C(C(=O)c3ccco3)=C(O)C(=O)N2CCCOC)cc1OC. The van der Waals surface area contributed by atoms with Gasteiger partial charge < -0.3 is 28.6 Å². The van der Waals surface area contributed by atoms with Crippen LogP contribution in [0.4, 0.5) is 0 Å². The van der Waals surface area contributed by atoms with Crippen LogP contribution in [0.3, 0.4) is 0 Å². The third kappa shape index (κ3) is 4.04. The van der Waals surface area contributed by atoms with E-state index in [9.17, 15) is 14.7 Å². The van der Waals surface area contributed by atoms with Crippen LogP contribution in [-0.2, 0) is 9.53 Å². The fourth-order valence-corrected chi connectivity index (χ4v) is 3.51. The number of ether oxygens (including phenoxy) is 3. The van der Waals surface area contributed by atoms with E-state index in [0.717, 1.165) is 0 Å². The first-order chi connectivity index (χ1) is 14.5. The van der Waals surface area contributed by atoms with Crippen LogP contribution in [0.15, 0.2) is 52.3 Å². The van der Waals surface area contributed by atoms with Crippen LogP contribution in [0, 0.1) is 0 Å². The molecule has 1 aliphatic rings. The van der Waals surface area contributed by atoms with Gasteiger partial charge in [-0.1, -0.05) is 6.07 Å². The summed E-state index contributed by atoms with van der Waals surface area (Å²) >= 11 is 0. The summed E-state index contributed by atoms with van der Waals surface area (Å²) in [6.07, 6.45) is 1.91. The van der Waals surface area contributed by atoms with Crippen LogP contribution in [0.1, 0.15) is 35.5 Å². The van der Waals surface area contributed by atoms with Crippen LogP contribution in [0.25, 0.3) is 0 Å². The van der Waals surface area contributed by atoms with E-state index in [0.29, 0.717) is 43.2 Å². The number of carbonyl (C=O) groups is 2. The summed E-state index contributed by atoms with van der Waals surface area (Å²) in [4.78, 5) is 27.4. The Kier molecular flexibility index (Phi) is 6.79. The van der Waals surface area contributed by atoms with Crippen molar-refractivity contribution >= 4 is 11.7 Å². The number of rotatable bonds is 10.